The lowest BCUT2D eigenvalue weighted by molar-refractivity contribution is -0.137. The summed E-state index contributed by atoms with van der Waals surface area (Å²) in [5.41, 5.74) is 6.44. The lowest BCUT2D eigenvalue weighted by Gasteiger charge is -2.44. The van der Waals surface area contributed by atoms with E-state index in [1.807, 2.05) is 30.4 Å². The topological polar surface area (TPSA) is 114 Å². The molecule has 8 heteroatoms. The van der Waals surface area contributed by atoms with E-state index in [2.05, 4.69) is 29.0 Å². The van der Waals surface area contributed by atoms with Crippen molar-refractivity contribution in [2.45, 2.75) is 76.4 Å². The second kappa shape index (κ2) is 11.8. The van der Waals surface area contributed by atoms with Crippen LogP contribution in [0.25, 0.3) is 0 Å². The van der Waals surface area contributed by atoms with E-state index >= 15 is 0 Å². The zero-order valence-corrected chi connectivity index (χ0v) is 24.4. The number of allylic oxidation sites excluding steroid dienone is 4. The number of benzene rings is 2. The molecule has 2 aromatic carbocycles. The number of hydroxylamine groups is 1. The van der Waals surface area contributed by atoms with Crippen molar-refractivity contribution in [3.05, 3.63) is 111 Å². The van der Waals surface area contributed by atoms with Gasteiger partial charge in [-0.25, -0.2) is 5.48 Å². The van der Waals surface area contributed by atoms with E-state index in [0.717, 1.165) is 12.0 Å². The van der Waals surface area contributed by atoms with Gasteiger partial charge in [-0.05, 0) is 86.1 Å². The monoisotopic (exact) mass is 579 g/mol. The van der Waals surface area contributed by atoms with Crippen LogP contribution in [0, 0.1) is 16.2 Å². The third kappa shape index (κ3) is 6.15. The van der Waals surface area contributed by atoms with Crippen LogP contribution in [-0.4, -0.2) is 23.3 Å². The highest BCUT2D eigenvalue weighted by Crippen LogP contribution is 2.58. The standard InChI is InChI=1S/C35H37N3O5/c1-23-7-5-14-35(21-26(17-23)18-24-9-6-13-34(20-24)15-16-34)30(28-11-2-3-12-29(28)32(40)36-35)33(41)38-43-22-25-8-4-10-27(19-25)31(39)37-42/h2-5,7-8,10-12,14,17,19,24,30H,6,9,13,15-16,18,20-22H2,1H3,(H,36,40)(H,38,41)/t24?,30-,35+/m0/s1. The maximum absolute atomic E-state index is 14.0. The average molecular weight is 580 g/mol. The summed E-state index contributed by atoms with van der Waals surface area (Å²) in [6, 6.07) is 13.6. The van der Waals surface area contributed by atoms with Gasteiger partial charge in [0, 0.05) is 16.3 Å². The highest BCUT2D eigenvalue weighted by molar-refractivity contribution is 6.02. The number of hydrogen-bond donors (Lipinski definition) is 2. The van der Waals surface area contributed by atoms with E-state index in [1.54, 1.807) is 24.3 Å². The van der Waals surface area contributed by atoms with E-state index in [1.165, 1.54) is 56.2 Å². The zero-order valence-electron chi connectivity index (χ0n) is 24.4. The van der Waals surface area contributed by atoms with Crippen LogP contribution in [0.2, 0.25) is 0 Å². The van der Waals surface area contributed by atoms with Crippen LogP contribution >= 0.6 is 0 Å². The molecular weight excluding hydrogens is 542 g/mol. The first-order chi connectivity index (χ1) is 20.8. The number of carbonyl (C=O) groups excluding carboxylic acids is 3. The maximum Gasteiger partial charge on any atom is 0.316 e. The first-order valence-electron chi connectivity index (χ1n) is 15.2. The van der Waals surface area contributed by atoms with Gasteiger partial charge in [0.25, 0.3) is 11.8 Å². The van der Waals surface area contributed by atoms with Crippen LogP contribution in [0.5, 0.6) is 0 Å². The summed E-state index contributed by atoms with van der Waals surface area (Å²) >= 11 is 0. The smallest absolute Gasteiger partial charge is 0.316 e. The molecule has 0 saturated heterocycles. The van der Waals surface area contributed by atoms with Gasteiger partial charge >= 0.3 is 5.91 Å². The Morgan fingerprint density at radius 1 is 1.12 bits per heavy atom. The first-order valence-corrected chi connectivity index (χ1v) is 15.2. The minimum Gasteiger partial charge on any atom is -0.342 e. The third-order valence-corrected chi connectivity index (χ3v) is 9.56. The average Bonchev–Trinajstić information content (AvgIpc) is 3.73. The Morgan fingerprint density at radius 2 is 1.95 bits per heavy atom. The molecule has 2 fully saturated rings. The Labute approximate surface area is 251 Å². The molecule has 4 aliphatic rings. The fraction of sp³-hybridized carbons (Fsp3) is 0.400. The van der Waals surface area contributed by atoms with E-state index in [9.17, 15) is 19.3 Å². The SMILES string of the molecule is CC1=CC=C[C@]2(CC(CC3CCCC4(CC4)C3)=C1)NC(=O)c1ccccc1[C@H]2C(=O)NOCc1cccc(C(=O)N=O)c1. The summed E-state index contributed by atoms with van der Waals surface area (Å²) in [7, 11) is 0. The van der Waals surface area contributed by atoms with E-state index < -0.39 is 17.4 Å². The van der Waals surface area contributed by atoms with E-state index in [-0.39, 0.29) is 24.0 Å². The van der Waals surface area contributed by atoms with Gasteiger partial charge in [-0.3, -0.25) is 19.2 Å². The molecule has 2 aromatic rings. The molecule has 2 N–H and O–H groups in total. The highest BCUT2D eigenvalue weighted by atomic mass is 16.6. The highest BCUT2D eigenvalue weighted by Gasteiger charge is 2.50. The second-order valence-electron chi connectivity index (χ2n) is 12.8. The maximum atomic E-state index is 14.0. The van der Waals surface area contributed by atoms with Crippen LogP contribution in [0.15, 0.2) is 89.2 Å². The summed E-state index contributed by atoms with van der Waals surface area (Å²) in [6.07, 6.45) is 17.4. The molecule has 6 rings (SSSR count). The van der Waals surface area contributed by atoms with Crippen LogP contribution in [0.4, 0.5) is 0 Å². The number of amides is 3. The number of nitrogens with zero attached hydrogens (tertiary/aromatic N) is 1. The lowest BCUT2D eigenvalue weighted by Crippen LogP contribution is -2.59. The number of carbonyl (C=O) groups is 3. The van der Waals surface area contributed by atoms with Gasteiger partial charge in [-0.15, -0.1) is 4.91 Å². The molecule has 0 radical (unpaired) electrons. The normalized spacial score (nSPS) is 25.5. The molecule has 2 spiro atoms. The second-order valence-corrected chi connectivity index (χ2v) is 12.8. The Hall–Kier alpha value is -4.17. The Bertz CT molecular complexity index is 1550. The number of fused-ring (bicyclic) bond motifs is 1. The Morgan fingerprint density at radius 3 is 2.77 bits per heavy atom. The number of rotatable bonds is 7. The Kier molecular flexibility index (Phi) is 7.97. The number of nitrogens with one attached hydrogen (secondary N) is 2. The third-order valence-electron chi connectivity index (χ3n) is 9.56. The van der Waals surface area contributed by atoms with Gasteiger partial charge in [-0.1, -0.05) is 78.6 Å². The van der Waals surface area contributed by atoms with Crippen molar-refractivity contribution < 1.29 is 19.2 Å². The molecule has 43 heavy (non-hydrogen) atoms. The summed E-state index contributed by atoms with van der Waals surface area (Å²) < 4.78 is 0. The summed E-state index contributed by atoms with van der Waals surface area (Å²) in [5.74, 6) is -1.59. The predicted octanol–water partition coefficient (Wildman–Crippen LogP) is 6.60. The predicted molar refractivity (Wildman–Crippen MR) is 163 cm³/mol. The van der Waals surface area contributed by atoms with Crippen LogP contribution < -0.4 is 10.8 Å². The van der Waals surface area contributed by atoms with Gasteiger partial charge in [-0.2, -0.15) is 0 Å². The van der Waals surface area contributed by atoms with Crippen molar-refractivity contribution in [1.29, 1.82) is 0 Å². The van der Waals surface area contributed by atoms with Crippen LogP contribution in [0.1, 0.15) is 96.1 Å². The molecular formula is C35H37N3O5. The minimum absolute atomic E-state index is 0.0220. The van der Waals surface area contributed by atoms with Crippen molar-refractivity contribution in [2.24, 2.45) is 16.5 Å². The van der Waals surface area contributed by atoms with Gasteiger partial charge in [0.05, 0.1) is 18.1 Å². The molecule has 3 aliphatic carbocycles. The molecule has 1 aliphatic heterocycles. The van der Waals surface area contributed by atoms with Crippen molar-refractivity contribution in [3.8, 4) is 0 Å². The molecule has 1 unspecified atom stereocenters. The van der Waals surface area contributed by atoms with Crippen LogP contribution in [0.3, 0.4) is 0 Å². The number of hydrogen-bond acceptors (Lipinski definition) is 5. The molecule has 222 valence electrons. The fourth-order valence-corrected chi connectivity index (χ4v) is 7.46. The molecule has 3 amide bonds. The van der Waals surface area contributed by atoms with Gasteiger partial charge in [0.2, 0.25) is 0 Å². The summed E-state index contributed by atoms with van der Waals surface area (Å²) in [5, 5.41) is 5.71. The van der Waals surface area contributed by atoms with Crippen molar-refractivity contribution in [3.63, 3.8) is 0 Å². The zero-order chi connectivity index (χ0) is 30.0. The molecule has 3 atom stereocenters. The van der Waals surface area contributed by atoms with Crippen LogP contribution in [-0.2, 0) is 16.2 Å². The van der Waals surface area contributed by atoms with Gasteiger partial charge < -0.3 is 5.32 Å². The molecule has 1 heterocycles. The molecule has 8 nitrogen and oxygen atoms in total. The molecule has 0 bridgehead atoms. The minimum atomic E-state index is -0.990. The molecule has 0 aromatic heterocycles. The largest absolute Gasteiger partial charge is 0.342 e. The van der Waals surface area contributed by atoms with Gasteiger partial charge in [0.1, 0.15) is 0 Å². The summed E-state index contributed by atoms with van der Waals surface area (Å²) in [6.45, 7) is 2.07. The van der Waals surface area contributed by atoms with Gasteiger partial charge in [0.15, 0.2) is 0 Å². The fourth-order valence-electron chi connectivity index (χ4n) is 7.46. The summed E-state index contributed by atoms with van der Waals surface area (Å²) in [4.78, 5) is 55.5. The van der Waals surface area contributed by atoms with E-state index in [0.29, 0.717) is 34.4 Å². The lowest BCUT2D eigenvalue weighted by atomic mass is 9.68. The Balaban J connectivity index is 1.27. The van der Waals surface area contributed by atoms with E-state index in [4.69, 9.17) is 4.84 Å². The first kappa shape index (κ1) is 28.9. The van der Waals surface area contributed by atoms with Crippen molar-refractivity contribution in [2.75, 3.05) is 0 Å². The molecule has 2 saturated carbocycles. The van der Waals surface area contributed by atoms with Crippen molar-refractivity contribution in [1.82, 2.24) is 10.8 Å². The quantitative estimate of drug-likeness (QED) is 0.283. The number of nitroso groups, excluding NO2 is 1. The van der Waals surface area contributed by atoms with Crippen molar-refractivity contribution >= 4 is 17.7 Å².